The van der Waals surface area contributed by atoms with Gasteiger partial charge >= 0.3 is 6.18 Å². The van der Waals surface area contributed by atoms with Crippen molar-refractivity contribution >= 4 is 23.1 Å². The number of aromatic hydroxyl groups is 1. The van der Waals surface area contributed by atoms with Gasteiger partial charge in [-0.2, -0.15) is 13.2 Å². The van der Waals surface area contributed by atoms with E-state index in [4.69, 9.17) is 11.1 Å². The number of phenols is 1. The molecule has 0 unspecified atom stereocenters. The third kappa shape index (κ3) is 5.87. The van der Waals surface area contributed by atoms with Crippen molar-refractivity contribution in [1.29, 1.82) is 5.41 Å². The second-order valence-corrected chi connectivity index (χ2v) is 9.54. The molecule has 3 aromatic rings. The molecule has 0 radical (unpaired) electrons. The summed E-state index contributed by atoms with van der Waals surface area (Å²) in [6, 6.07) is 6.06. The second kappa shape index (κ2) is 10.7. The Labute approximate surface area is 217 Å². The number of anilines is 2. The molecule has 2 heterocycles. The van der Waals surface area contributed by atoms with Crippen LogP contribution in [0.15, 0.2) is 30.5 Å². The average molecular weight is 531 g/mol. The molecule has 1 saturated carbocycles. The number of pyridine rings is 1. The van der Waals surface area contributed by atoms with E-state index in [1.165, 1.54) is 22.9 Å². The molecule has 2 aromatic heterocycles. The van der Waals surface area contributed by atoms with Gasteiger partial charge in [-0.05, 0) is 30.5 Å². The highest BCUT2D eigenvalue weighted by atomic mass is 19.4. The van der Waals surface area contributed by atoms with Crippen LogP contribution in [0, 0.1) is 11.3 Å². The Balaban J connectivity index is 1.80. The summed E-state index contributed by atoms with van der Waals surface area (Å²) in [6.07, 6.45) is 1.64. The van der Waals surface area contributed by atoms with Gasteiger partial charge in [-0.15, -0.1) is 10.2 Å². The molecular formula is C25H29F3N8O2. The molecule has 0 spiro atoms. The molecule has 1 fully saturated rings. The summed E-state index contributed by atoms with van der Waals surface area (Å²) in [6.45, 7) is -1.55. The van der Waals surface area contributed by atoms with Gasteiger partial charge in [-0.3, -0.25) is 9.36 Å². The number of rotatable bonds is 8. The van der Waals surface area contributed by atoms with Crippen LogP contribution in [0.3, 0.4) is 0 Å². The zero-order chi connectivity index (χ0) is 27.6. The van der Waals surface area contributed by atoms with Crippen molar-refractivity contribution < 1.29 is 23.1 Å². The standard InChI is InChI=1S/C25H29F3N8O2/c1-35(2)21-8-7-15(12-31-21)36-22(33-34-23(36)24(38)32-13-25(26,27)28)17-10-16(19(30)11-20(17)37)18(29)9-14-5-3-4-6-14/h7-8,10-12,14,29,37H,3-6,9,13,30H2,1-2H3,(H,32,38). The number of benzene rings is 1. The minimum Gasteiger partial charge on any atom is -0.507 e. The fourth-order valence-electron chi connectivity index (χ4n) is 4.54. The first kappa shape index (κ1) is 26.9. The molecule has 5 N–H and O–H groups in total. The van der Waals surface area contributed by atoms with Crippen LogP contribution in [0.2, 0.25) is 0 Å². The van der Waals surface area contributed by atoms with Crippen LogP contribution in [0.25, 0.3) is 17.1 Å². The van der Waals surface area contributed by atoms with Crippen LogP contribution in [0.4, 0.5) is 24.7 Å². The number of halogens is 3. The number of carbonyl (C=O) groups is 1. The van der Waals surface area contributed by atoms with Crippen LogP contribution < -0.4 is 16.0 Å². The van der Waals surface area contributed by atoms with Crippen molar-refractivity contribution in [2.24, 2.45) is 5.92 Å². The van der Waals surface area contributed by atoms with Crippen molar-refractivity contribution in [1.82, 2.24) is 25.1 Å². The lowest BCUT2D eigenvalue weighted by Crippen LogP contribution is -2.35. The lowest BCUT2D eigenvalue weighted by Gasteiger charge is -2.16. The SMILES string of the molecule is CN(C)c1ccc(-n2c(C(=O)NCC(F)(F)F)nnc2-c2cc(C(=N)CC3CCCC3)c(N)cc2O)cn1. The minimum atomic E-state index is -4.62. The van der Waals surface area contributed by atoms with Crippen LogP contribution in [-0.4, -0.2) is 63.3 Å². The van der Waals surface area contributed by atoms with Crippen molar-refractivity contribution in [2.75, 3.05) is 31.3 Å². The zero-order valence-corrected chi connectivity index (χ0v) is 21.0. The van der Waals surface area contributed by atoms with Gasteiger partial charge in [-0.1, -0.05) is 25.7 Å². The molecular weight excluding hydrogens is 501 g/mol. The molecule has 1 aromatic carbocycles. The monoisotopic (exact) mass is 530 g/mol. The van der Waals surface area contributed by atoms with E-state index in [0.29, 0.717) is 29.4 Å². The summed E-state index contributed by atoms with van der Waals surface area (Å²) < 4.78 is 39.5. The lowest BCUT2D eigenvalue weighted by molar-refractivity contribution is -0.123. The highest BCUT2D eigenvalue weighted by molar-refractivity contribution is 6.04. The number of hydrogen-bond donors (Lipinski definition) is 4. The first-order valence-corrected chi connectivity index (χ1v) is 12.1. The van der Waals surface area contributed by atoms with Gasteiger partial charge in [0.1, 0.15) is 18.1 Å². The maximum absolute atomic E-state index is 12.8. The first-order valence-electron chi connectivity index (χ1n) is 12.1. The summed E-state index contributed by atoms with van der Waals surface area (Å²) in [5, 5.41) is 29.1. The van der Waals surface area contributed by atoms with Crippen molar-refractivity contribution in [3.63, 3.8) is 0 Å². The van der Waals surface area contributed by atoms with E-state index >= 15 is 0 Å². The molecule has 4 rings (SSSR count). The number of amides is 1. The molecule has 10 nitrogen and oxygen atoms in total. The Morgan fingerprint density at radius 3 is 2.55 bits per heavy atom. The smallest absolute Gasteiger partial charge is 0.405 e. The number of alkyl halides is 3. The molecule has 13 heteroatoms. The number of nitrogens with zero attached hydrogens (tertiary/aromatic N) is 5. The van der Waals surface area contributed by atoms with E-state index < -0.39 is 24.5 Å². The lowest BCUT2D eigenvalue weighted by atomic mass is 9.94. The van der Waals surface area contributed by atoms with Gasteiger partial charge < -0.3 is 26.5 Å². The van der Waals surface area contributed by atoms with E-state index in [0.717, 1.165) is 25.7 Å². The number of carbonyl (C=O) groups excluding carboxylic acids is 1. The number of phenolic OH excluding ortho intramolecular Hbond substituents is 1. The number of nitrogen functional groups attached to an aromatic ring is 1. The Kier molecular flexibility index (Phi) is 7.56. The van der Waals surface area contributed by atoms with E-state index in [2.05, 4.69) is 15.2 Å². The zero-order valence-electron chi connectivity index (χ0n) is 21.0. The predicted molar refractivity (Wildman–Crippen MR) is 137 cm³/mol. The molecule has 0 saturated heterocycles. The number of nitrogens with one attached hydrogen (secondary N) is 2. The summed E-state index contributed by atoms with van der Waals surface area (Å²) in [4.78, 5) is 18.8. The van der Waals surface area contributed by atoms with Gasteiger partial charge in [0.2, 0.25) is 5.82 Å². The van der Waals surface area contributed by atoms with E-state index in [1.807, 2.05) is 0 Å². The molecule has 0 atom stereocenters. The van der Waals surface area contributed by atoms with E-state index in [-0.39, 0.29) is 28.5 Å². The Morgan fingerprint density at radius 2 is 1.95 bits per heavy atom. The van der Waals surface area contributed by atoms with Crippen LogP contribution >= 0.6 is 0 Å². The van der Waals surface area contributed by atoms with Crippen molar-refractivity contribution in [3.05, 3.63) is 41.9 Å². The van der Waals surface area contributed by atoms with Gasteiger partial charge in [0.05, 0.1) is 17.4 Å². The van der Waals surface area contributed by atoms with Crippen molar-refractivity contribution in [3.8, 4) is 22.8 Å². The van der Waals surface area contributed by atoms with E-state index in [9.17, 15) is 23.1 Å². The van der Waals surface area contributed by atoms with Gasteiger partial charge in [0.25, 0.3) is 5.91 Å². The molecule has 1 amide bonds. The highest BCUT2D eigenvalue weighted by Crippen LogP contribution is 2.36. The van der Waals surface area contributed by atoms with Crippen LogP contribution in [0.5, 0.6) is 5.75 Å². The quantitative estimate of drug-likeness (QED) is 0.255. The Hall–Kier alpha value is -4.16. The summed E-state index contributed by atoms with van der Waals surface area (Å²) in [7, 11) is 3.58. The largest absolute Gasteiger partial charge is 0.507 e. The van der Waals surface area contributed by atoms with Crippen LogP contribution in [0.1, 0.15) is 48.3 Å². The van der Waals surface area contributed by atoms with Crippen molar-refractivity contribution in [2.45, 2.75) is 38.3 Å². The normalized spacial score (nSPS) is 14.0. The predicted octanol–water partition coefficient (Wildman–Crippen LogP) is 3.92. The first-order chi connectivity index (χ1) is 17.9. The topological polar surface area (TPSA) is 146 Å². The van der Waals surface area contributed by atoms with Crippen LogP contribution in [-0.2, 0) is 0 Å². The maximum atomic E-state index is 12.8. The maximum Gasteiger partial charge on any atom is 0.405 e. The third-order valence-corrected chi connectivity index (χ3v) is 6.47. The van der Waals surface area contributed by atoms with Gasteiger partial charge in [-0.25, -0.2) is 4.98 Å². The molecule has 1 aliphatic rings. The second-order valence-electron chi connectivity index (χ2n) is 9.54. The summed E-state index contributed by atoms with van der Waals surface area (Å²) in [5.74, 6) is -0.857. The van der Waals surface area contributed by atoms with Gasteiger partial charge in [0, 0.05) is 37.1 Å². The Morgan fingerprint density at radius 1 is 1.24 bits per heavy atom. The minimum absolute atomic E-state index is 0.0195. The molecule has 202 valence electrons. The summed E-state index contributed by atoms with van der Waals surface area (Å²) in [5.41, 5.74) is 7.46. The number of hydrogen-bond acceptors (Lipinski definition) is 8. The fourth-order valence-corrected chi connectivity index (χ4v) is 4.54. The number of nitrogens with two attached hydrogens (primary N) is 1. The summed E-state index contributed by atoms with van der Waals surface area (Å²) >= 11 is 0. The fraction of sp³-hybridized carbons (Fsp3) is 0.400. The molecule has 1 aliphatic carbocycles. The molecule has 38 heavy (non-hydrogen) atoms. The molecule has 0 aliphatic heterocycles. The van der Waals surface area contributed by atoms with Gasteiger partial charge in [0.15, 0.2) is 5.82 Å². The molecule has 0 bridgehead atoms. The number of aromatic nitrogens is 4. The Bertz CT molecular complexity index is 1330. The average Bonchev–Trinajstić information content (AvgIpc) is 3.52. The third-order valence-electron chi connectivity index (χ3n) is 6.47. The highest BCUT2D eigenvalue weighted by Gasteiger charge is 2.30. The van der Waals surface area contributed by atoms with E-state index in [1.54, 1.807) is 36.4 Å².